The van der Waals surface area contributed by atoms with E-state index < -0.39 is 0 Å². The van der Waals surface area contributed by atoms with Crippen LogP contribution in [0.2, 0.25) is 0 Å². The number of ether oxygens (including phenoxy) is 1. The van der Waals surface area contributed by atoms with E-state index in [1.165, 1.54) is 0 Å². The van der Waals surface area contributed by atoms with E-state index in [0.717, 1.165) is 29.5 Å². The summed E-state index contributed by atoms with van der Waals surface area (Å²) in [5, 5.41) is 0. The molecular weight excluding hydrogens is 244 g/mol. The predicted octanol–water partition coefficient (Wildman–Crippen LogP) is 1.50. The molecule has 0 bridgehead atoms. The third-order valence-corrected chi connectivity index (χ3v) is 2.89. The topological polar surface area (TPSA) is 48.1 Å². The van der Waals surface area contributed by atoms with E-state index in [0.29, 0.717) is 6.61 Å². The van der Waals surface area contributed by atoms with Gasteiger partial charge in [0.15, 0.2) is 0 Å². The van der Waals surface area contributed by atoms with Crippen molar-refractivity contribution in [3.63, 3.8) is 0 Å². The molecule has 4 heteroatoms. The van der Waals surface area contributed by atoms with Gasteiger partial charge in [0.1, 0.15) is 0 Å². The fraction of sp³-hybridized carbons (Fsp3) is 0.500. The van der Waals surface area contributed by atoms with Crippen LogP contribution >= 0.6 is 15.9 Å². The van der Waals surface area contributed by atoms with Crippen LogP contribution in [-0.2, 0) is 11.2 Å². The Hall–Kier alpha value is -0.450. The molecule has 0 radical (unpaired) electrons. The highest BCUT2D eigenvalue weighted by atomic mass is 79.9. The number of hydrogen-bond donors (Lipinski definition) is 1. The van der Waals surface area contributed by atoms with Crippen LogP contribution in [0, 0.1) is 0 Å². The lowest BCUT2D eigenvalue weighted by Crippen LogP contribution is -2.42. The molecule has 1 aliphatic rings. The van der Waals surface area contributed by atoms with Crippen LogP contribution in [0.5, 0.6) is 0 Å². The standard InChI is InChI=1S/C10H13BrN2O/c11-9-3-8(5-13-6-9)4-10(12)1-2-14-7-10/h3,5-6H,1-2,4,7,12H2. The zero-order chi connectivity index (χ0) is 10.0. The van der Waals surface area contributed by atoms with Crippen molar-refractivity contribution in [2.75, 3.05) is 13.2 Å². The molecule has 1 aliphatic heterocycles. The lowest BCUT2D eigenvalue weighted by Gasteiger charge is -2.21. The first-order valence-corrected chi connectivity index (χ1v) is 5.43. The van der Waals surface area contributed by atoms with Gasteiger partial charge in [-0.15, -0.1) is 0 Å². The smallest absolute Gasteiger partial charge is 0.0650 e. The summed E-state index contributed by atoms with van der Waals surface area (Å²) in [5.41, 5.74) is 7.14. The molecule has 1 atom stereocenters. The van der Waals surface area contributed by atoms with E-state index in [1.807, 2.05) is 6.20 Å². The summed E-state index contributed by atoms with van der Waals surface area (Å²) in [6, 6.07) is 2.06. The Kier molecular flexibility index (Phi) is 2.85. The molecule has 2 rings (SSSR count). The fourth-order valence-corrected chi connectivity index (χ4v) is 2.13. The molecule has 14 heavy (non-hydrogen) atoms. The Labute approximate surface area is 91.8 Å². The molecule has 0 spiro atoms. The molecule has 0 aromatic carbocycles. The van der Waals surface area contributed by atoms with E-state index in [2.05, 4.69) is 27.0 Å². The predicted molar refractivity (Wildman–Crippen MR) is 58.0 cm³/mol. The molecule has 0 aliphatic carbocycles. The second-order valence-corrected chi connectivity index (χ2v) is 4.77. The Morgan fingerprint density at radius 1 is 1.57 bits per heavy atom. The van der Waals surface area contributed by atoms with Gasteiger partial charge in [0.25, 0.3) is 0 Å². The summed E-state index contributed by atoms with van der Waals surface area (Å²) in [6.45, 7) is 1.43. The summed E-state index contributed by atoms with van der Waals surface area (Å²) >= 11 is 3.39. The number of hydrogen-bond acceptors (Lipinski definition) is 3. The van der Waals surface area contributed by atoms with Gasteiger partial charge in [-0.2, -0.15) is 0 Å². The number of pyridine rings is 1. The van der Waals surface area contributed by atoms with Crippen LogP contribution < -0.4 is 5.73 Å². The Morgan fingerprint density at radius 2 is 2.43 bits per heavy atom. The van der Waals surface area contributed by atoms with Gasteiger partial charge in [0.2, 0.25) is 0 Å². The third-order valence-electron chi connectivity index (χ3n) is 2.45. The summed E-state index contributed by atoms with van der Waals surface area (Å²) in [7, 11) is 0. The average molecular weight is 257 g/mol. The molecule has 1 aromatic heterocycles. The first kappa shape index (κ1) is 10.1. The molecule has 0 saturated carbocycles. The normalized spacial score (nSPS) is 26.7. The highest BCUT2D eigenvalue weighted by Gasteiger charge is 2.30. The number of nitrogens with two attached hydrogens (primary N) is 1. The lowest BCUT2D eigenvalue weighted by atomic mass is 9.92. The van der Waals surface area contributed by atoms with Gasteiger partial charge in [0, 0.05) is 29.0 Å². The quantitative estimate of drug-likeness (QED) is 0.873. The van der Waals surface area contributed by atoms with Crippen LogP contribution in [0.4, 0.5) is 0 Å². The van der Waals surface area contributed by atoms with Gasteiger partial charge in [-0.05, 0) is 40.4 Å². The van der Waals surface area contributed by atoms with Gasteiger partial charge in [-0.25, -0.2) is 0 Å². The average Bonchev–Trinajstić information content (AvgIpc) is 2.51. The van der Waals surface area contributed by atoms with Crippen molar-refractivity contribution in [1.29, 1.82) is 0 Å². The van der Waals surface area contributed by atoms with E-state index in [1.54, 1.807) is 6.20 Å². The van der Waals surface area contributed by atoms with Gasteiger partial charge in [0.05, 0.1) is 6.61 Å². The Balaban J connectivity index is 2.10. The highest BCUT2D eigenvalue weighted by Crippen LogP contribution is 2.21. The van der Waals surface area contributed by atoms with Gasteiger partial charge in [-0.3, -0.25) is 4.98 Å². The van der Waals surface area contributed by atoms with E-state index in [4.69, 9.17) is 10.5 Å². The molecule has 2 N–H and O–H groups in total. The molecule has 3 nitrogen and oxygen atoms in total. The van der Waals surface area contributed by atoms with Crippen molar-refractivity contribution < 1.29 is 4.74 Å². The van der Waals surface area contributed by atoms with Crippen LogP contribution in [0.3, 0.4) is 0 Å². The van der Waals surface area contributed by atoms with Crippen LogP contribution in [-0.4, -0.2) is 23.7 Å². The summed E-state index contributed by atoms with van der Waals surface area (Å²) in [4.78, 5) is 4.11. The SMILES string of the molecule is NC1(Cc2cncc(Br)c2)CCOC1. The van der Waals surface area contributed by atoms with Crippen LogP contribution in [0.15, 0.2) is 22.9 Å². The monoisotopic (exact) mass is 256 g/mol. The molecular formula is C10H13BrN2O. The molecule has 1 fully saturated rings. The maximum atomic E-state index is 6.17. The molecule has 1 saturated heterocycles. The van der Waals surface area contributed by atoms with Crippen molar-refractivity contribution in [2.24, 2.45) is 5.73 Å². The van der Waals surface area contributed by atoms with Crippen LogP contribution in [0.1, 0.15) is 12.0 Å². The second kappa shape index (κ2) is 3.96. The van der Waals surface area contributed by atoms with Crippen molar-refractivity contribution in [3.05, 3.63) is 28.5 Å². The van der Waals surface area contributed by atoms with Crippen molar-refractivity contribution in [3.8, 4) is 0 Å². The van der Waals surface area contributed by atoms with E-state index >= 15 is 0 Å². The zero-order valence-electron chi connectivity index (χ0n) is 7.87. The number of aromatic nitrogens is 1. The maximum Gasteiger partial charge on any atom is 0.0650 e. The minimum atomic E-state index is -0.192. The fourth-order valence-electron chi connectivity index (χ4n) is 1.72. The molecule has 2 heterocycles. The minimum Gasteiger partial charge on any atom is -0.379 e. The summed E-state index contributed by atoms with van der Waals surface area (Å²) in [5.74, 6) is 0. The maximum absolute atomic E-state index is 6.17. The summed E-state index contributed by atoms with van der Waals surface area (Å²) < 4.78 is 6.30. The van der Waals surface area contributed by atoms with Gasteiger partial charge in [-0.1, -0.05) is 0 Å². The van der Waals surface area contributed by atoms with Crippen molar-refractivity contribution in [2.45, 2.75) is 18.4 Å². The van der Waals surface area contributed by atoms with Gasteiger partial charge >= 0.3 is 0 Å². The lowest BCUT2D eigenvalue weighted by molar-refractivity contribution is 0.178. The van der Waals surface area contributed by atoms with Crippen LogP contribution in [0.25, 0.3) is 0 Å². The number of rotatable bonds is 2. The molecule has 0 amide bonds. The third kappa shape index (κ3) is 2.32. The minimum absolute atomic E-state index is 0.192. The molecule has 76 valence electrons. The van der Waals surface area contributed by atoms with E-state index in [-0.39, 0.29) is 5.54 Å². The van der Waals surface area contributed by atoms with E-state index in [9.17, 15) is 0 Å². The first-order valence-electron chi connectivity index (χ1n) is 4.64. The first-order chi connectivity index (χ1) is 6.68. The summed E-state index contributed by atoms with van der Waals surface area (Å²) in [6.07, 6.45) is 5.40. The second-order valence-electron chi connectivity index (χ2n) is 3.85. The molecule has 1 unspecified atom stereocenters. The van der Waals surface area contributed by atoms with Crippen molar-refractivity contribution in [1.82, 2.24) is 4.98 Å². The molecule has 1 aromatic rings. The Morgan fingerprint density at radius 3 is 3.07 bits per heavy atom. The Bertz CT molecular complexity index is 324. The highest BCUT2D eigenvalue weighted by molar-refractivity contribution is 9.10. The number of halogens is 1. The number of nitrogens with zero attached hydrogens (tertiary/aromatic N) is 1. The zero-order valence-corrected chi connectivity index (χ0v) is 9.46. The van der Waals surface area contributed by atoms with Crippen molar-refractivity contribution >= 4 is 15.9 Å². The largest absolute Gasteiger partial charge is 0.379 e. The van der Waals surface area contributed by atoms with Gasteiger partial charge < -0.3 is 10.5 Å².